The van der Waals surface area contributed by atoms with E-state index in [4.69, 9.17) is 0 Å². The number of hydrogen-bond acceptors (Lipinski definition) is 4. The van der Waals surface area contributed by atoms with Gasteiger partial charge >= 0.3 is 0 Å². The van der Waals surface area contributed by atoms with Gasteiger partial charge in [0.25, 0.3) is 0 Å². The van der Waals surface area contributed by atoms with Crippen LogP contribution in [0.1, 0.15) is 91.4 Å². The average Bonchev–Trinajstić information content (AvgIpc) is 3.48. The van der Waals surface area contributed by atoms with Crippen molar-refractivity contribution in [2.75, 3.05) is 0 Å². The van der Waals surface area contributed by atoms with Crippen molar-refractivity contribution < 1.29 is 20.1 Å². The molecule has 0 aromatic carbocycles. The maximum atomic E-state index is 11.9. The van der Waals surface area contributed by atoms with Crippen molar-refractivity contribution in [2.24, 2.45) is 28.6 Å². The first kappa shape index (κ1) is 24.9. The lowest BCUT2D eigenvalue weighted by Gasteiger charge is -2.45. The quantitative estimate of drug-likeness (QED) is 0.487. The Morgan fingerprint density at radius 2 is 1.94 bits per heavy atom. The summed E-state index contributed by atoms with van der Waals surface area (Å²) in [6.07, 6.45) is 13.2. The van der Waals surface area contributed by atoms with Crippen LogP contribution in [0.25, 0.3) is 0 Å². The number of Topliss-reactive ketones (excluding diaryl/α,β-unsaturated/α-hetero) is 1. The summed E-state index contributed by atoms with van der Waals surface area (Å²) in [6.45, 7) is 10.4. The average molecular weight is 457 g/mol. The Labute approximate surface area is 199 Å². The second-order valence-electron chi connectivity index (χ2n) is 12.0. The molecule has 4 aliphatic rings. The van der Waals surface area contributed by atoms with Crippen molar-refractivity contribution in [3.8, 4) is 0 Å². The van der Waals surface area contributed by atoms with Crippen LogP contribution in [0.3, 0.4) is 0 Å². The van der Waals surface area contributed by atoms with Crippen molar-refractivity contribution >= 4 is 5.78 Å². The Morgan fingerprint density at radius 1 is 1.21 bits per heavy atom. The van der Waals surface area contributed by atoms with Gasteiger partial charge < -0.3 is 15.3 Å². The maximum absolute atomic E-state index is 11.9. The first-order chi connectivity index (χ1) is 15.6. The molecule has 0 heterocycles. The predicted octanol–water partition coefficient (Wildman–Crippen LogP) is 5.27. The summed E-state index contributed by atoms with van der Waals surface area (Å²) in [5.41, 5.74) is 3.27. The van der Waals surface area contributed by atoms with Crippen LogP contribution in [0.4, 0.5) is 0 Å². The van der Waals surface area contributed by atoms with Crippen LogP contribution in [0.2, 0.25) is 0 Å². The molecule has 4 heteroatoms. The van der Waals surface area contributed by atoms with E-state index < -0.39 is 12.2 Å². The van der Waals surface area contributed by atoms with Gasteiger partial charge in [0, 0.05) is 11.8 Å². The van der Waals surface area contributed by atoms with Crippen LogP contribution in [-0.2, 0) is 4.79 Å². The van der Waals surface area contributed by atoms with Crippen LogP contribution < -0.4 is 0 Å². The molecule has 0 amide bonds. The number of carbonyl (C=O) groups is 1. The smallest absolute Gasteiger partial charge is 0.135 e. The zero-order valence-electron chi connectivity index (χ0n) is 20.9. The summed E-state index contributed by atoms with van der Waals surface area (Å²) in [5, 5.41) is 31.3. The van der Waals surface area contributed by atoms with Crippen LogP contribution in [0.15, 0.2) is 35.5 Å². The highest BCUT2D eigenvalue weighted by Crippen LogP contribution is 2.60. The highest BCUT2D eigenvalue weighted by Gasteiger charge is 2.52. The van der Waals surface area contributed by atoms with Gasteiger partial charge in [-0.25, -0.2) is 0 Å². The minimum Gasteiger partial charge on any atom is -0.393 e. The molecule has 4 rings (SSSR count). The van der Waals surface area contributed by atoms with Crippen LogP contribution in [-0.4, -0.2) is 39.4 Å². The third-order valence-corrected chi connectivity index (χ3v) is 10.1. The van der Waals surface area contributed by atoms with Gasteiger partial charge in [-0.3, -0.25) is 4.79 Å². The predicted molar refractivity (Wildman–Crippen MR) is 131 cm³/mol. The molecule has 184 valence electrons. The molecule has 33 heavy (non-hydrogen) atoms. The molecule has 0 unspecified atom stereocenters. The Bertz CT molecular complexity index is 835. The number of ketones is 1. The normalized spacial score (nSPS) is 40.0. The molecule has 0 aromatic heterocycles. The Hall–Kier alpha value is -1.23. The van der Waals surface area contributed by atoms with Gasteiger partial charge in [-0.05, 0) is 105 Å². The third kappa shape index (κ3) is 4.81. The zero-order valence-corrected chi connectivity index (χ0v) is 20.9. The Balaban J connectivity index is 1.45. The van der Waals surface area contributed by atoms with E-state index in [-0.39, 0.29) is 22.9 Å². The highest BCUT2D eigenvalue weighted by molar-refractivity contribution is 5.84. The fourth-order valence-corrected chi connectivity index (χ4v) is 7.49. The van der Waals surface area contributed by atoms with Gasteiger partial charge in [0.2, 0.25) is 0 Å². The van der Waals surface area contributed by atoms with E-state index in [1.165, 1.54) is 18.4 Å². The molecule has 0 spiro atoms. The lowest BCUT2D eigenvalue weighted by atomic mass is 9.60. The molecule has 4 aliphatic carbocycles. The fourth-order valence-electron chi connectivity index (χ4n) is 7.49. The number of aliphatic hydroxyl groups is 3. The summed E-state index contributed by atoms with van der Waals surface area (Å²) < 4.78 is 0. The Morgan fingerprint density at radius 3 is 2.61 bits per heavy atom. The molecule has 4 nitrogen and oxygen atoms in total. The summed E-state index contributed by atoms with van der Waals surface area (Å²) in [7, 11) is 0. The van der Waals surface area contributed by atoms with E-state index >= 15 is 0 Å². The van der Waals surface area contributed by atoms with Gasteiger partial charge in [0.1, 0.15) is 5.78 Å². The van der Waals surface area contributed by atoms with E-state index in [1.807, 2.05) is 0 Å². The van der Waals surface area contributed by atoms with Gasteiger partial charge in [0.15, 0.2) is 0 Å². The molecule has 0 aromatic rings. The van der Waals surface area contributed by atoms with E-state index in [9.17, 15) is 20.1 Å². The van der Waals surface area contributed by atoms with Crippen molar-refractivity contribution in [1.82, 2.24) is 0 Å². The molecule has 4 saturated carbocycles. The minimum atomic E-state index is -0.647. The summed E-state index contributed by atoms with van der Waals surface area (Å²) in [6, 6.07) is 0. The summed E-state index contributed by atoms with van der Waals surface area (Å²) in [4.78, 5) is 11.9. The number of carbonyl (C=O) groups excluding carboxylic acids is 1. The number of hydrogen-bond donors (Lipinski definition) is 3. The third-order valence-electron chi connectivity index (χ3n) is 10.1. The van der Waals surface area contributed by atoms with E-state index in [2.05, 4.69) is 32.6 Å². The Kier molecular flexibility index (Phi) is 7.11. The molecule has 0 saturated heterocycles. The molecule has 7 atom stereocenters. The first-order valence-electron chi connectivity index (χ1n) is 13.2. The second-order valence-corrected chi connectivity index (χ2v) is 12.0. The monoisotopic (exact) mass is 456 g/mol. The van der Waals surface area contributed by atoms with Crippen LogP contribution >= 0.6 is 0 Å². The lowest BCUT2D eigenvalue weighted by Crippen LogP contribution is -2.39. The van der Waals surface area contributed by atoms with Crippen LogP contribution in [0.5, 0.6) is 0 Å². The van der Waals surface area contributed by atoms with E-state index in [1.54, 1.807) is 6.92 Å². The second kappa shape index (κ2) is 9.43. The number of fused-ring (bicyclic) bond motifs is 1. The fraction of sp³-hybridized carbons (Fsp3) is 0.759. The standard InChI is InChI=1S/C29H44O4/c1-18-22(16-23(31)17-27(18)33)8-7-21-6-5-12-28(4)24(9-10-25(21)28)19(2)26(32)11-13-29(14-15-29)20(3)30/h7-8,19,23-27,31-33H,1,5-6,9-17H2,2-4H3/t19-,23+,24+,25-,26+,27-,28+/m0/s1. The summed E-state index contributed by atoms with van der Waals surface area (Å²) >= 11 is 0. The van der Waals surface area contributed by atoms with Crippen molar-refractivity contribution in [3.05, 3.63) is 35.5 Å². The largest absolute Gasteiger partial charge is 0.393 e. The zero-order chi connectivity index (χ0) is 24.0. The molecule has 0 bridgehead atoms. The topological polar surface area (TPSA) is 77.8 Å². The molecule has 0 aliphatic heterocycles. The number of allylic oxidation sites excluding steroid dienone is 3. The van der Waals surface area contributed by atoms with Gasteiger partial charge in [-0.1, -0.05) is 38.2 Å². The van der Waals surface area contributed by atoms with Gasteiger partial charge in [-0.2, -0.15) is 0 Å². The van der Waals surface area contributed by atoms with Gasteiger partial charge in [-0.15, -0.1) is 0 Å². The minimum absolute atomic E-state index is 0.124. The van der Waals surface area contributed by atoms with Crippen molar-refractivity contribution in [1.29, 1.82) is 0 Å². The van der Waals surface area contributed by atoms with E-state index in [0.717, 1.165) is 56.1 Å². The van der Waals surface area contributed by atoms with Crippen molar-refractivity contribution in [2.45, 2.75) is 110 Å². The number of rotatable bonds is 7. The summed E-state index contributed by atoms with van der Waals surface area (Å²) in [5.74, 6) is 1.56. The van der Waals surface area contributed by atoms with Crippen LogP contribution in [0, 0.1) is 28.6 Å². The van der Waals surface area contributed by atoms with E-state index in [0.29, 0.717) is 30.5 Å². The maximum Gasteiger partial charge on any atom is 0.135 e. The first-order valence-corrected chi connectivity index (χ1v) is 13.2. The molecular formula is C29H44O4. The van der Waals surface area contributed by atoms with Gasteiger partial charge in [0.05, 0.1) is 18.3 Å². The van der Waals surface area contributed by atoms with Crippen molar-refractivity contribution in [3.63, 3.8) is 0 Å². The molecular weight excluding hydrogens is 412 g/mol. The number of aliphatic hydroxyl groups excluding tert-OH is 3. The molecule has 3 N–H and O–H groups in total. The lowest BCUT2D eigenvalue weighted by molar-refractivity contribution is -0.122. The molecule has 0 radical (unpaired) electrons. The highest BCUT2D eigenvalue weighted by atomic mass is 16.3. The SMILES string of the molecule is C=C1C(=CC=C2CCC[C@]3(C)[C@@H]([C@H](C)[C@H](O)CCC4(C(C)=O)CC4)CC[C@@H]23)C[C@@H](O)C[C@@H]1O. The molecule has 4 fully saturated rings.